The second-order valence-corrected chi connectivity index (χ2v) is 15.6. The second-order valence-electron chi connectivity index (χ2n) is 5.93. The van der Waals surface area contributed by atoms with Crippen LogP contribution < -0.4 is 9.96 Å². The number of nitrogens with one attached hydrogen (secondary N) is 2. The van der Waals surface area contributed by atoms with Crippen LogP contribution in [0.25, 0.3) is 0 Å². The molecule has 0 amide bonds. The van der Waals surface area contributed by atoms with E-state index in [2.05, 4.69) is 56.2 Å². The Labute approximate surface area is 85.7 Å². The third kappa shape index (κ3) is 10.3. The highest BCUT2D eigenvalue weighted by Gasteiger charge is 2.18. The van der Waals surface area contributed by atoms with E-state index in [0.717, 1.165) is 6.54 Å². The highest BCUT2D eigenvalue weighted by Crippen LogP contribution is 1.98. The first-order valence-electron chi connectivity index (χ1n) is 5.13. The maximum atomic E-state index is 3.69. The summed E-state index contributed by atoms with van der Waals surface area (Å²) < 4.78 is 0. The van der Waals surface area contributed by atoms with Crippen molar-refractivity contribution >= 4 is 16.5 Å². The molecule has 0 saturated heterocycles. The van der Waals surface area contributed by atoms with Crippen molar-refractivity contribution in [2.45, 2.75) is 52.2 Å². The molecule has 0 spiro atoms. The van der Waals surface area contributed by atoms with Crippen molar-refractivity contribution in [3.63, 3.8) is 0 Å². The summed E-state index contributed by atoms with van der Waals surface area (Å²) in [7, 11) is -2.16. The molecule has 0 rings (SSSR count). The van der Waals surface area contributed by atoms with Crippen LogP contribution in [0.5, 0.6) is 0 Å². The molecule has 0 aliphatic rings. The minimum absolute atomic E-state index is 0.610. The van der Waals surface area contributed by atoms with Crippen molar-refractivity contribution in [1.82, 2.24) is 9.96 Å². The predicted octanol–water partition coefficient (Wildman–Crippen LogP) is 2.22. The van der Waals surface area contributed by atoms with Crippen molar-refractivity contribution in [2.75, 3.05) is 6.54 Å². The lowest BCUT2D eigenvalue weighted by atomic mass is 10.4. The molecule has 0 saturated carbocycles. The Morgan fingerprint density at radius 1 is 0.923 bits per heavy atom. The van der Waals surface area contributed by atoms with Gasteiger partial charge in [0.05, 0.1) is 0 Å². The van der Waals surface area contributed by atoms with Gasteiger partial charge in [-0.05, 0) is 6.92 Å². The zero-order valence-electron chi connectivity index (χ0n) is 10.3. The average Bonchev–Trinajstić information content (AvgIpc) is 1.78. The third-order valence-corrected chi connectivity index (χ3v) is 4.24. The van der Waals surface area contributed by atoms with E-state index < -0.39 is 16.5 Å². The number of hydrogen-bond acceptors (Lipinski definition) is 2. The van der Waals surface area contributed by atoms with Gasteiger partial charge in [0.15, 0.2) is 0 Å². The molecule has 0 aromatic heterocycles. The number of rotatable bonds is 5. The quantitative estimate of drug-likeness (QED) is 0.692. The largest absolute Gasteiger partial charge is 0.336 e. The fourth-order valence-electron chi connectivity index (χ4n) is 1.25. The van der Waals surface area contributed by atoms with Gasteiger partial charge in [0.2, 0.25) is 0 Å². The molecular formula is C9H26N2Si2. The summed E-state index contributed by atoms with van der Waals surface area (Å²) in [6.07, 6.45) is 0. The van der Waals surface area contributed by atoms with Gasteiger partial charge in [0.25, 0.3) is 0 Å². The summed E-state index contributed by atoms with van der Waals surface area (Å²) in [6, 6.07) is 0.610. The lowest BCUT2D eigenvalue weighted by Gasteiger charge is -2.27. The molecular weight excluding hydrogens is 192 g/mol. The summed E-state index contributed by atoms with van der Waals surface area (Å²) in [5.41, 5.74) is 0. The molecule has 2 nitrogen and oxygen atoms in total. The Morgan fingerprint density at radius 3 is 1.69 bits per heavy atom. The third-order valence-electron chi connectivity index (χ3n) is 1.62. The van der Waals surface area contributed by atoms with Gasteiger partial charge < -0.3 is 9.96 Å². The summed E-state index contributed by atoms with van der Waals surface area (Å²) in [5, 5.41) is 0. The molecule has 0 fully saturated rings. The standard InChI is InChI=1S/C9H26N2Si2/c1-9(11-13(5,6)7)8-10-12(2,3)4/h9-11H,8H2,1-7H3. The zero-order chi connectivity index (χ0) is 10.7. The minimum Gasteiger partial charge on any atom is -0.336 e. The van der Waals surface area contributed by atoms with E-state index in [-0.39, 0.29) is 0 Å². The van der Waals surface area contributed by atoms with Gasteiger partial charge in [-0.15, -0.1) is 0 Å². The van der Waals surface area contributed by atoms with Crippen molar-refractivity contribution in [2.24, 2.45) is 0 Å². The van der Waals surface area contributed by atoms with Gasteiger partial charge in [-0.3, -0.25) is 0 Å². The van der Waals surface area contributed by atoms with Crippen LogP contribution in [0, 0.1) is 0 Å². The smallest absolute Gasteiger partial charge is 0.116 e. The van der Waals surface area contributed by atoms with Gasteiger partial charge in [0.1, 0.15) is 16.5 Å². The van der Waals surface area contributed by atoms with Gasteiger partial charge in [-0.2, -0.15) is 0 Å². The maximum Gasteiger partial charge on any atom is 0.116 e. The first kappa shape index (κ1) is 13.4. The van der Waals surface area contributed by atoms with Gasteiger partial charge >= 0.3 is 0 Å². The van der Waals surface area contributed by atoms with Crippen molar-refractivity contribution in [3.8, 4) is 0 Å². The highest BCUT2D eigenvalue weighted by molar-refractivity contribution is 6.74. The summed E-state index contributed by atoms with van der Waals surface area (Å²) in [4.78, 5) is 7.33. The molecule has 0 radical (unpaired) electrons. The zero-order valence-corrected chi connectivity index (χ0v) is 12.3. The van der Waals surface area contributed by atoms with Gasteiger partial charge in [0, 0.05) is 12.6 Å². The molecule has 0 bridgehead atoms. The second kappa shape index (κ2) is 4.73. The van der Waals surface area contributed by atoms with E-state index in [1.807, 2.05) is 0 Å². The molecule has 0 aromatic rings. The molecule has 0 aromatic carbocycles. The van der Waals surface area contributed by atoms with Crippen LogP contribution in [0.1, 0.15) is 6.92 Å². The first-order valence-corrected chi connectivity index (χ1v) is 12.1. The normalized spacial score (nSPS) is 15.9. The van der Waals surface area contributed by atoms with E-state index in [9.17, 15) is 0 Å². The molecule has 2 N–H and O–H groups in total. The molecule has 0 aliphatic heterocycles. The number of hydrogen-bond donors (Lipinski definition) is 2. The monoisotopic (exact) mass is 218 g/mol. The fourth-order valence-corrected chi connectivity index (χ4v) is 3.75. The van der Waals surface area contributed by atoms with E-state index in [1.54, 1.807) is 0 Å². The minimum atomic E-state index is -1.09. The Morgan fingerprint density at radius 2 is 1.38 bits per heavy atom. The van der Waals surface area contributed by atoms with Crippen LogP contribution in [-0.4, -0.2) is 29.1 Å². The Balaban J connectivity index is 3.70. The van der Waals surface area contributed by atoms with Crippen LogP contribution in [0.4, 0.5) is 0 Å². The van der Waals surface area contributed by atoms with Crippen molar-refractivity contribution < 1.29 is 0 Å². The van der Waals surface area contributed by atoms with Crippen LogP contribution in [0.2, 0.25) is 39.3 Å². The molecule has 0 heterocycles. The highest BCUT2D eigenvalue weighted by atomic mass is 28.3. The molecule has 80 valence electrons. The molecule has 1 unspecified atom stereocenters. The SMILES string of the molecule is CC(CN[Si](C)(C)C)N[Si](C)(C)C. The Bertz CT molecular complexity index is 147. The van der Waals surface area contributed by atoms with Crippen LogP contribution >= 0.6 is 0 Å². The van der Waals surface area contributed by atoms with Crippen molar-refractivity contribution in [1.29, 1.82) is 0 Å². The van der Waals surface area contributed by atoms with E-state index in [0.29, 0.717) is 6.04 Å². The van der Waals surface area contributed by atoms with Crippen LogP contribution in [0.15, 0.2) is 0 Å². The Kier molecular flexibility index (Phi) is 4.86. The Hall–Kier alpha value is 0.354. The maximum absolute atomic E-state index is 3.69. The van der Waals surface area contributed by atoms with E-state index in [1.165, 1.54) is 0 Å². The lowest BCUT2D eigenvalue weighted by Crippen LogP contribution is -2.53. The average molecular weight is 218 g/mol. The van der Waals surface area contributed by atoms with Crippen LogP contribution in [-0.2, 0) is 0 Å². The summed E-state index contributed by atoms with van der Waals surface area (Å²) in [5.74, 6) is 0. The lowest BCUT2D eigenvalue weighted by molar-refractivity contribution is 0.642. The van der Waals surface area contributed by atoms with E-state index >= 15 is 0 Å². The van der Waals surface area contributed by atoms with Crippen molar-refractivity contribution in [3.05, 3.63) is 0 Å². The summed E-state index contributed by atoms with van der Waals surface area (Å²) in [6.45, 7) is 17.4. The van der Waals surface area contributed by atoms with Crippen LogP contribution in [0.3, 0.4) is 0 Å². The summed E-state index contributed by atoms with van der Waals surface area (Å²) >= 11 is 0. The predicted molar refractivity (Wildman–Crippen MR) is 67.3 cm³/mol. The van der Waals surface area contributed by atoms with E-state index in [4.69, 9.17) is 0 Å². The first-order chi connectivity index (χ1) is 5.60. The van der Waals surface area contributed by atoms with Gasteiger partial charge in [-0.1, -0.05) is 39.3 Å². The molecule has 4 heteroatoms. The topological polar surface area (TPSA) is 24.1 Å². The van der Waals surface area contributed by atoms with Gasteiger partial charge in [-0.25, -0.2) is 0 Å². The fraction of sp³-hybridized carbons (Fsp3) is 1.00. The molecule has 13 heavy (non-hydrogen) atoms. The molecule has 1 atom stereocenters. The molecule has 0 aliphatic carbocycles.